The first-order valence-corrected chi connectivity index (χ1v) is 7.13. The number of amides is 1. The minimum absolute atomic E-state index is 0.0427. The lowest BCUT2D eigenvalue weighted by Gasteiger charge is -2.35. The van der Waals surface area contributed by atoms with E-state index >= 15 is 0 Å². The number of nitrogens with one attached hydrogen (secondary N) is 1. The summed E-state index contributed by atoms with van der Waals surface area (Å²) in [5, 5.41) is 3.14. The van der Waals surface area contributed by atoms with Crippen molar-refractivity contribution in [2.75, 3.05) is 4.90 Å². The maximum absolute atomic E-state index is 13.5. The third-order valence-corrected chi connectivity index (χ3v) is 4.13. The van der Waals surface area contributed by atoms with Crippen LogP contribution >= 0.6 is 0 Å². The van der Waals surface area contributed by atoms with Crippen molar-refractivity contribution in [3.63, 3.8) is 0 Å². The molecule has 3 heterocycles. The number of aryl methyl sites for hydroxylation is 1. The zero-order valence-corrected chi connectivity index (χ0v) is 12.0. The zero-order valence-electron chi connectivity index (χ0n) is 12.0. The quantitative estimate of drug-likeness (QED) is 0.865. The highest BCUT2D eigenvalue weighted by Gasteiger charge is 2.35. The van der Waals surface area contributed by atoms with Crippen LogP contribution in [-0.2, 0) is 4.79 Å². The van der Waals surface area contributed by atoms with Crippen LogP contribution in [0.1, 0.15) is 5.56 Å². The minimum atomic E-state index is -0.275. The molecule has 5 heteroatoms. The zero-order chi connectivity index (χ0) is 15.3. The Bertz CT molecular complexity index is 791. The maximum atomic E-state index is 13.5. The van der Waals surface area contributed by atoms with E-state index in [4.69, 9.17) is 0 Å². The Morgan fingerprint density at radius 2 is 2.18 bits per heavy atom. The Labute approximate surface area is 127 Å². The molecule has 4 rings (SSSR count). The van der Waals surface area contributed by atoms with Crippen LogP contribution in [0, 0.1) is 18.7 Å². The van der Waals surface area contributed by atoms with Gasteiger partial charge in [-0.3, -0.25) is 14.7 Å². The lowest BCUT2D eigenvalue weighted by molar-refractivity contribution is -0.114. The largest absolute Gasteiger partial charge is 0.366 e. The van der Waals surface area contributed by atoms with Crippen LogP contribution < -0.4 is 10.2 Å². The second kappa shape index (κ2) is 4.66. The van der Waals surface area contributed by atoms with Crippen LogP contribution in [-0.4, -0.2) is 18.3 Å². The lowest BCUT2D eigenvalue weighted by Crippen LogP contribution is -2.40. The summed E-state index contributed by atoms with van der Waals surface area (Å²) < 4.78 is 13.5. The molecule has 1 aromatic rings. The van der Waals surface area contributed by atoms with E-state index < -0.39 is 0 Å². The van der Waals surface area contributed by atoms with Gasteiger partial charge in [-0.1, -0.05) is 6.08 Å². The van der Waals surface area contributed by atoms with Gasteiger partial charge in [-0.15, -0.1) is 0 Å². The molecule has 1 aromatic carbocycles. The number of carbonyl (C=O) groups is 1. The van der Waals surface area contributed by atoms with Crippen LogP contribution in [0.2, 0.25) is 0 Å². The number of carbonyl (C=O) groups excluding carboxylic acids is 1. The number of halogens is 1. The normalized spacial score (nSPS) is 25.4. The monoisotopic (exact) mass is 295 g/mol. The Kier molecular flexibility index (Phi) is 2.76. The van der Waals surface area contributed by atoms with Crippen LogP contribution in [0.25, 0.3) is 0 Å². The van der Waals surface area contributed by atoms with Gasteiger partial charge in [0.25, 0.3) is 5.91 Å². The van der Waals surface area contributed by atoms with Crippen LogP contribution in [0.15, 0.2) is 58.9 Å². The van der Waals surface area contributed by atoms with Crippen molar-refractivity contribution in [2.24, 2.45) is 10.9 Å². The molecule has 110 valence electrons. The summed E-state index contributed by atoms with van der Waals surface area (Å²) in [6, 6.07) is 4.73. The smallest absolute Gasteiger partial charge is 0.255 e. The van der Waals surface area contributed by atoms with Crippen molar-refractivity contribution in [2.45, 2.75) is 13.1 Å². The van der Waals surface area contributed by atoms with E-state index in [-0.39, 0.29) is 23.8 Å². The number of benzene rings is 1. The highest BCUT2D eigenvalue weighted by atomic mass is 19.1. The van der Waals surface area contributed by atoms with E-state index in [9.17, 15) is 9.18 Å². The average molecular weight is 295 g/mol. The van der Waals surface area contributed by atoms with Gasteiger partial charge in [0.1, 0.15) is 12.0 Å². The first kappa shape index (κ1) is 13.0. The number of anilines is 1. The highest BCUT2D eigenvalue weighted by Crippen LogP contribution is 2.36. The van der Waals surface area contributed by atoms with E-state index in [1.807, 2.05) is 24.6 Å². The fourth-order valence-corrected chi connectivity index (χ4v) is 3.03. The summed E-state index contributed by atoms with van der Waals surface area (Å²) in [4.78, 5) is 18.6. The van der Waals surface area contributed by atoms with E-state index in [1.54, 1.807) is 30.0 Å². The third-order valence-electron chi connectivity index (χ3n) is 4.13. The first-order valence-electron chi connectivity index (χ1n) is 7.13. The molecule has 0 saturated heterocycles. The molecule has 1 amide bonds. The van der Waals surface area contributed by atoms with E-state index in [0.29, 0.717) is 11.3 Å². The Balaban J connectivity index is 1.89. The van der Waals surface area contributed by atoms with E-state index in [2.05, 4.69) is 10.3 Å². The van der Waals surface area contributed by atoms with Crippen LogP contribution in [0.5, 0.6) is 0 Å². The molecule has 0 bridgehead atoms. The summed E-state index contributed by atoms with van der Waals surface area (Å²) in [5.74, 6) is -0.443. The van der Waals surface area contributed by atoms with Gasteiger partial charge in [0.2, 0.25) is 0 Å². The molecule has 1 N–H and O–H groups in total. The summed E-state index contributed by atoms with van der Waals surface area (Å²) in [7, 11) is 0. The number of hydrogen-bond acceptors (Lipinski definition) is 3. The third kappa shape index (κ3) is 1.82. The van der Waals surface area contributed by atoms with E-state index in [0.717, 1.165) is 11.3 Å². The molecule has 0 fully saturated rings. The van der Waals surface area contributed by atoms with Crippen LogP contribution in [0.4, 0.5) is 10.1 Å². The molecule has 0 aromatic heterocycles. The molecule has 22 heavy (non-hydrogen) atoms. The predicted molar refractivity (Wildman–Crippen MR) is 82.8 cm³/mol. The topological polar surface area (TPSA) is 44.7 Å². The van der Waals surface area contributed by atoms with Gasteiger partial charge >= 0.3 is 0 Å². The summed E-state index contributed by atoms with van der Waals surface area (Å²) in [6.45, 7) is 1.69. The standard InChI is InChI=1S/C17H14FN3O/c1-10-8-12(3-4-14(10)18)21-15(22)5-2-11-9-20-17-13(16(11)21)6-7-19-17/h2-9,11,17,19H,1H3. The van der Waals surface area contributed by atoms with Crippen molar-refractivity contribution in [1.82, 2.24) is 5.32 Å². The fourth-order valence-electron chi connectivity index (χ4n) is 3.03. The lowest BCUT2D eigenvalue weighted by atomic mass is 9.92. The summed E-state index contributed by atoms with van der Waals surface area (Å²) in [5.41, 5.74) is 3.06. The number of aliphatic imine (C=N–C) groups is 1. The number of dihydropyridines is 1. The first-order chi connectivity index (χ1) is 10.6. The Hall–Kier alpha value is -2.69. The minimum Gasteiger partial charge on any atom is -0.366 e. The fraction of sp³-hybridized carbons (Fsp3) is 0.176. The molecular formula is C17H14FN3O. The van der Waals surface area contributed by atoms with Crippen molar-refractivity contribution >= 4 is 17.8 Å². The highest BCUT2D eigenvalue weighted by molar-refractivity contribution is 6.07. The number of allylic oxidation sites excluding steroid dienone is 1. The second-order valence-electron chi connectivity index (χ2n) is 5.53. The van der Waals surface area contributed by atoms with E-state index in [1.165, 1.54) is 6.07 Å². The number of nitrogens with zero attached hydrogens (tertiary/aromatic N) is 2. The van der Waals surface area contributed by atoms with Gasteiger partial charge in [0, 0.05) is 29.2 Å². The number of rotatable bonds is 1. The molecule has 0 aliphatic carbocycles. The van der Waals surface area contributed by atoms with Crippen molar-refractivity contribution < 1.29 is 9.18 Å². The Morgan fingerprint density at radius 3 is 3.00 bits per heavy atom. The number of fused-ring (bicyclic) bond motifs is 2. The van der Waals surface area contributed by atoms with Gasteiger partial charge in [0.15, 0.2) is 0 Å². The summed E-state index contributed by atoms with van der Waals surface area (Å²) >= 11 is 0. The second-order valence-corrected chi connectivity index (χ2v) is 5.53. The van der Waals surface area contributed by atoms with Gasteiger partial charge in [0.05, 0.1) is 5.92 Å². The van der Waals surface area contributed by atoms with Gasteiger partial charge in [-0.05, 0) is 43.0 Å². The van der Waals surface area contributed by atoms with Gasteiger partial charge in [-0.2, -0.15) is 0 Å². The molecule has 0 spiro atoms. The van der Waals surface area contributed by atoms with Crippen molar-refractivity contribution in [1.29, 1.82) is 0 Å². The number of hydrogen-bond donors (Lipinski definition) is 1. The summed E-state index contributed by atoms with van der Waals surface area (Å²) in [6.07, 6.45) is 8.88. The molecule has 0 saturated carbocycles. The molecule has 3 aliphatic heterocycles. The van der Waals surface area contributed by atoms with Gasteiger partial charge < -0.3 is 5.32 Å². The van der Waals surface area contributed by atoms with Crippen LogP contribution in [0.3, 0.4) is 0 Å². The van der Waals surface area contributed by atoms with Crippen molar-refractivity contribution in [3.05, 3.63) is 65.3 Å². The Morgan fingerprint density at radius 1 is 1.32 bits per heavy atom. The predicted octanol–water partition coefficient (Wildman–Crippen LogP) is 2.43. The SMILES string of the molecule is Cc1cc(N2C(=O)C=CC3C=NC4NC=CC4=C32)ccc1F. The van der Waals surface area contributed by atoms with Gasteiger partial charge in [-0.25, -0.2) is 4.39 Å². The molecular weight excluding hydrogens is 281 g/mol. The molecule has 2 unspecified atom stereocenters. The molecule has 2 atom stereocenters. The average Bonchev–Trinajstić information content (AvgIpc) is 2.99. The van der Waals surface area contributed by atoms with Crippen molar-refractivity contribution in [3.8, 4) is 0 Å². The molecule has 0 radical (unpaired) electrons. The molecule has 3 aliphatic rings. The maximum Gasteiger partial charge on any atom is 0.255 e. The molecule has 4 nitrogen and oxygen atoms in total.